The highest BCUT2D eigenvalue weighted by Crippen LogP contribution is 2.47. The van der Waals surface area contributed by atoms with E-state index in [-0.39, 0.29) is 5.41 Å². The monoisotopic (exact) mass is 285 g/mol. The third kappa shape index (κ3) is 2.66. The number of nitrogens with one attached hydrogen (secondary N) is 1. The second-order valence-electron chi connectivity index (χ2n) is 6.86. The molecule has 0 heterocycles. The lowest BCUT2D eigenvalue weighted by Crippen LogP contribution is -2.35. The fourth-order valence-corrected chi connectivity index (χ4v) is 4.09. The lowest BCUT2D eigenvalue weighted by Gasteiger charge is -2.36. The molecule has 1 fully saturated rings. The predicted molar refractivity (Wildman–Crippen MR) is 87.3 cm³/mol. The van der Waals surface area contributed by atoms with Crippen molar-refractivity contribution in [3.63, 3.8) is 0 Å². The fourth-order valence-electron chi connectivity index (χ4n) is 4.09. The molecule has 2 nitrogen and oxygen atoms in total. The largest absolute Gasteiger partial charge is 0.381 e. The van der Waals surface area contributed by atoms with Crippen LogP contribution in [0, 0.1) is 10.8 Å². The number of hydrogen-bond acceptors (Lipinski definition) is 2. The highest BCUT2D eigenvalue weighted by atomic mass is 16.5. The molecule has 2 aliphatic carbocycles. The van der Waals surface area contributed by atoms with Crippen LogP contribution in [0.3, 0.4) is 0 Å². The summed E-state index contributed by atoms with van der Waals surface area (Å²) >= 11 is 0. The lowest BCUT2D eigenvalue weighted by molar-refractivity contribution is 0.0467. The van der Waals surface area contributed by atoms with Gasteiger partial charge in [0.25, 0.3) is 0 Å². The summed E-state index contributed by atoms with van der Waals surface area (Å²) in [7, 11) is 1.82. The number of hydrogen-bond donors (Lipinski definition) is 1. The van der Waals surface area contributed by atoms with Crippen molar-refractivity contribution in [1.29, 1.82) is 5.41 Å². The summed E-state index contributed by atoms with van der Waals surface area (Å²) in [6.07, 6.45) is 9.55. The number of benzene rings is 1. The lowest BCUT2D eigenvalue weighted by atomic mass is 9.70. The maximum absolute atomic E-state index is 8.73. The van der Waals surface area contributed by atoms with Gasteiger partial charge in [0, 0.05) is 18.2 Å². The Bertz CT molecular complexity index is 526. The molecule has 0 aromatic heterocycles. The zero-order chi connectivity index (χ0) is 14.9. The summed E-state index contributed by atoms with van der Waals surface area (Å²) in [4.78, 5) is 0. The van der Waals surface area contributed by atoms with E-state index in [9.17, 15) is 0 Å². The Morgan fingerprint density at radius 3 is 2.71 bits per heavy atom. The summed E-state index contributed by atoms with van der Waals surface area (Å²) in [5, 5.41) is 8.73. The van der Waals surface area contributed by atoms with E-state index in [0.717, 1.165) is 44.2 Å². The Morgan fingerprint density at radius 2 is 2.05 bits per heavy atom. The van der Waals surface area contributed by atoms with Crippen molar-refractivity contribution >= 4 is 5.71 Å². The molecule has 0 aliphatic heterocycles. The molecule has 114 valence electrons. The number of rotatable bonds is 4. The number of ether oxygens (including phenoxy) is 1. The zero-order valence-electron chi connectivity index (χ0n) is 13.4. The highest BCUT2D eigenvalue weighted by molar-refractivity contribution is 6.07. The fraction of sp³-hybridized carbons (Fsp3) is 0.632. The molecule has 0 amide bonds. The quantitative estimate of drug-likeness (QED) is 0.866. The van der Waals surface area contributed by atoms with Crippen molar-refractivity contribution < 1.29 is 4.74 Å². The number of fused-ring (bicyclic) bond motifs is 1. The average Bonchev–Trinajstić information content (AvgIpc) is 2.79. The standard InChI is InChI=1S/C19H27NO/c1-3-4-5-14-6-7-15-13-19(18(20)17(15)12-14)10-8-16(21-2)9-11-19/h6-7,12,16,20H,3-5,8-11,13H2,1-2H3. The Balaban J connectivity index is 1.79. The van der Waals surface area contributed by atoms with E-state index < -0.39 is 0 Å². The van der Waals surface area contributed by atoms with Gasteiger partial charge >= 0.3 is 0 Å². The van der Waals surface area contributed by atoms with Gasteiger partial charge in [-0.15, -0.1) is 0 Å². The van der Waals surface area contributed by atoms with Crippen molar-refractivity contribution in [2.75, 3.05) is 7.11 Å². The molecule has 3 rings (SSSR count). The van der Waals surface area contributed by atoms with Gasteiger partial charge in [0.15, 0.2) is 0 Å². The first kappa shape index (κ1) is 14.8. The van der Waals surface area contributed by atoms with Crippen molar-refractivity contribution in [2.45, 2.75) is 64.4 Å². The Morgan fingerprint density at radius 1 is 1.29 bits per heavy atom. The molecule has 2 heteroatoms. The highest BCUT2D eigenvalue weighted by Gasteiger charge is 2.44. The van der Waals surface area contributed by atoms with Gasteiger partial charge in [0.1, 0.15) is 0 Å². The molecule has 1 aromatic carbocycles. The third-order valence-corrected chi connectivity index (χ3v) is 5.54. The van der Waals surface area contributed by atoms with Crippen LogP contribution in [-0.4, -0.2) is 18.9 Å². The van der Waals surface area contributed by atoms with Crippen LogP contribution in [0.1, 0.15) is 62.1 Å². The summed E-state index contributed by atoms with van der Waals surface area (Å²) < 4.78 is 5.50. The van der Waals surface area contributed by atoms with Crippen LogP contribution < -0.4 is 0 Å². The minimum atomic E-state index is 0.112. The molecule has 1 saturated carbocycles. The van der Waals surface area contributed by atoms with Crippen molar-refractivity contribution in [3.8, 4) is 0 Å². The van der Waals surface area contributed by atoms with Gasteiger partial charge in [-0.25, -0.2) is 0 Å². The van der Waals surface area contributed by atoms with Crippen molar-refractivity contribution in [1.82, 2.24) is 0 Å². The van der Waals surface area contributed by atoms with Gasteiger partial charge in [0.05, 0.1) is 6.10 Å². The van der Waals surface area contributed by atoms with Crippen molar-refractivity contribution in [3.05, 3.63) is 34.9 Å². The first-order valence-corrected chi connectivity index (χ1v) is 8.42. The van der Waals surface area contributed by atoms with Gasteiger partial charge in [-0.05, 0) is 67.7 Å². The number of aryl methyl sites for hydroxylation is 1. The van der Waals surface area contributed by atoms with E-state index in [1.54, 1.807) is 0 Å². The van der Waals surface area contributed by atoms with E-state index in [0.29, 0.717) is 6.10 Å². The van der Waals surface area contributed by atoms with E-state index >= 15 is 0 Å². The Kier molecular flexibility index (Phi) is 4.17. The minimum absolute atomic E-state index is 0.112. The minimum Gasteiger partial charge on any atom is -0.381 e. The first-order valence-electron chi connectivity index (χ1n) is 8.42. The summed E-state index contributed by atoms with van der Waals surface area (Å²) in [6.45, 7) is 2.23. The number of unbranched alkanes of at least 4 members (excludes halogenated alkanes) is 1. The molecule has 1 N–H and O–H groups in total. The zero-order valence-corrected chi connectivity index (χ0v) is 13.4. The second-order valence-corrected chi connectivity index (χ2v) is 6.86. The molecule has 0 atom stereocenters. The number of methoxy groups -OCH3 is 1. The molecule has 0 saturated heterocycles. The van der Waals surface area contributed by atoms with Crippen LogP contribution in [0.4, 0.5) is 0 Å². The Labute approximate surface area is 128 Å². The molecule has 2 aliphatic rings. The summed E-state index contributed by atoms with van der Waals surface area (Å²) in [5.74, 6) is 0. The molecule has 0 bridgehead atoms. The van der Waals surface area contributed by atoms with Crippen LogP contribution in [0.15, 0.2) is 18.2 Å². The molecular weight excluding hydrogens is 258 g/mol. The molecule has 0 unspecified atom stereocenters. The smallest absolute Gasteiger partial charge is 0.0572 e. The van der Waals surface area contributed by atoms with E-state index in [1.807, 2.05) is 7.11 Å². The summed E-state index contributed by atoms with van der Waals surface area (Å²) in [6, 6.07) is 6.86. The summed E-state index contributed by atoms with van der Waals surface area (Å²) in [5.41, 5.74) is 5.06. The molecule has 1 aromatic rings. The van der Waals surface area contributed by atoms with Gasteiger partial charge in [-0.3, -0.25) is 0 Å². The third-order valence-electron chi connectivity index (χ3n) is 5.54. The SMILES string of the molecule is CCCCc1ccc2c(c1)C(=N)C1(CCC(OC)CC1)C2. The molecule has 21 heavy (non-hydrogen) atoms. The molecule has 1 spiro atoms. The molecular formula is C19H27NO. The first-order chi connectivity index (χ1) is 10.2. The van der Waals surface area contributed by atoms with Gasteiger partial charge in [-0.1, -0.05) is 25.5 Å². The van der Waals surface area contributed by atoms with Crippen LogP contribution >= 0.6 is 0 Å². The van der Waals surface area contributed by atoms with E-state index in [1.165, 1.54) is 29.5 Å². The van der Waals surface area contributed by atoms with Gasteiger partial charge in [0.2, 0.25) is 0 Å². The van der Waals surface area contributed by atoms with Gasteiger partial charge < -0.3 is 10.1 Å². The van der Waals surface area contributed by atoms with Crippen LogP contribution in [0.5, 0.6) is 0 Å². The van der Waals surface area contributed by atoms with Crippen molar-refractivity contribution in [2.24, 2.45) is 5.41 Å². The van der Waals surface area contributed by atoms with E-state index in [4.69, 9.17) is 10.1 Å². The van der Waals surface area contributed by atoms with E-state index in [2.05, 4.69) is 25.1 Å². The maximum Gasteiger partial charge on any atom is 0.0572 e. The normalized spacial score (nSPS) is 28.1. The Hall–Kier alpha value is -1.15. The van der Waals surface area contributed by atoms with Gasteiger partial charge in [-0.2, -0.15) is 0 Å². The van der Waals surface area contributed by atoms with Crippen LogP contribution in [-0.2, 0) is 17.6 Å². The van der Waals surface area contributed by atoms with Crippen LogP contribution in [0.2, 0.25) is 0 Å². The van der Waals surface area contributed by atoms with Crippen LogP contribution in [0.25, 0.3) is 0 Å². The second kappa shape index (κ2) is 5.92. The predicted octanol–water partition coefficient (Wildman–Crippen LogP) is 4.53. The maximum atomic E-state index is 8.73. The molecule has 0 radical (unpaired) electrons. The average molecular weight is 285 g/mol. The topological polar surface area (TPSA) is 33.1 Å².